The topological polar surface area (TPSA) is 64.9 Å². The van der Waals surface area contributed by atoms with E-state index in [4.69, 9.17) is 5.26 Å². The van der Waals surface area contributed by atoms with Gasteiger partial charge in [0.1, 0.15) is 22.7 Å². The summed E-state index contributed by atoms with van der Waals surface area (Å²) in [5, 5.41) is 16.8. The Morgan fingerprint density at radius 1 is 1.39 bits per heavy atom. The van der Waals surface area contributed by atoms with E-state index in [1.54, 1.807) is 18.4 Å². The maximum Gasteiger partial charge on any atom is 0.226 e. The number of benzene rings is 1. The SMILES string of the molecule is C[C@H](NCCC(=O)Nc1sccc1C#N)c1ccc(F)cc1F. The number of hydrogen-bond acceptors (Lipinski definition) is 4. The van der Waals surface area contributed by atoms with E-state index < -0.39 is 11.6 Å². The van der Waals surface area contributed by atoms with E-state index in [2.05, 4.69) is 10.6 Å². The van der Waals surface area contributed by atoms with Crippen LogP contribution in [0.15, 0.2) is 29.6 Å². The highest BCUT2D eigenvalue weighted by atomic mass is 32.1. The molecule has 7 heteroatoms. The van der Waals surface area contributed by atoms with E-state index in [1.165, 1.54) is 23.5 Å². The smallest absolute Gasteiger partial charge is 0.226 e. The van der Waals surface area contributed by atoms with Crippen molar-refractivity contribution in [2.45, 2.75) is 19.4 Å². The van der Waals surface area contributed by atoms with Crippen LogP contribution in [0.3, 0.4) is 0 Å². The van der Waals surface area contributed by atoms with Crippen LogP contribution in [-0.2, 0) is 4.79 Å². The summed E-state index contributed by atoms with van der Waals surface area (Å²) in [5.74, 6) is -1.48. The molecule has 0 bridgehead atoms. The second-order valence-corrected chi connectivity index (χ2v) is 5.83. The molecule has 0 saturated carbocycles. The van der Waals surface area contributed by atoms with E-state index in [9.17, 15) is 13.6 Å². The summed E-state index contributed by atoms with van der Waals surface area (Å²) >= 11 is 1.28. The molecule has 1 aromatic heterocycles. The van der Waals surface area contributed by atoms with E-state index in [-0.39, 0.29) is 18.4 Å². The molecular weight excluding hydrogens is 320 g/mol. The lowest BCUT2D eigenvalue weighted by Crippen LogP contribution is -2.25. The maximum absolute atomic E-state index is 13.6. The zero-order chi connectivity index (χ0) is 16.8. The van der Waals surface area contributed by atoms with Crippen LogP contribution in [-0.4, -0.2) is 12.5 Å². The Balaban J connectivity index is 1.82. The molecule has 1 atom stereocenters. The van der Waals surface area contributed by atoms with Gasteiger partial charge in [-0.2, -0.15) is 5.26 Å². The van der Waals surface area contributed by atoms with Crippen molar-refractivity contribution in [2.75, 3.05) is 11.9 Å². The number of nitrogens with one attached hydrogen (secondary N) is 2. The zero-order valence-electron chi connectivity index (χ0n) is 12.4. The van der Waals surface area contributed by atoms with Gasteiger partial charge < -0.3 is 10.6 Å². The number of rotatable bonds is 6. The van der Waals surface area contributed by atoms with Crippen molar-refractivity contribution in [2.24, 2.45) is 0 Å². The van der Waals surface area contributed by atoms with Crippen LogP contribution in [0, 0.1) is 23.0 Å². The van der Waals surface area contributed by atoms with E-state index >= 15 is 0 Å². The molecule has 0 aliphatic carbocycles. The Labute approximate surface area is 136 Å². The summed E-state index contributed by atoms with van der Waals surface area (Å²) in [6, 6.07) is 6.70. The minimum absolute atomic E-state index is 0.177. The van der Waals surface area contributed by atoms with Crippen molar-refractivity contribution in [3.63, 3.8) is 0 Å². The van der Waals surface area contributed by atoms with E-state index in [0.29, 0.717) is 22.7 Å². The highest BCUT2D eigenvalue weighted by Crippen LogP contribution is 2.22. The fraction of sp³-hybridized carbons (Fsp3) is 0.250. The number of nitriles is 1. The second-order valence-electron chi connectivity index (χ2n) is 4.92. The fourth-order valence-electron chi connectivity index (χ4n) is 2.05. The molecule has 4 nitrogen and oxygen atoms in total. The van der Waals surface area contributed by atoms with Gasteiger partial charge in [-0.1, -0.05) is 6.07 Å². The van der Waals surface area contributed by atoms with Gasteiger partial charge in [0, 0.05) is 30.6 Å². The average molecular weight is 335 g/mol. The summed E-state index contributed by atoms with van der Waals surface area (Å²) in [7, 11) is 0. The van der Waals surface area contributed by atoms with Crippen LogP contribution in [0.1, 0.15) is 30.5 Å². The van der Waals surface area contributed by atoms with Crippen LogP contribution in [0.5, 0.6) is 0 Å². The Kier molecular flexibility index (Phi) is 5.79. The third-order valence-corrected chi connectivity index (χ3v) is 4.10. The molecule has 23 heavy (non-hydrogen) atoms. The monoisotopic (exact) mass is 335 g/mol. The molecule has 120 valence electrons. The van der Waals surface area contributed by atoms with Gasteiger partial charge in [0.15, 0.2) is 0 Å². The normalized spacial score (nSPS) is 11.7. The standard InChI is InChI=1S/C16H15F2N3OS/c1-10(13-3-2-12(17)8-14(13)18)20-6-4-15(22)21-16-11(9-19)5-7-23-16/h2-3,5,7-8,10,20H,4,6H2,1H3,(H,21,22)/t10-/m0/s1. The molecule has 0 aliphatic rings. The zero-order valence-corrected chi connectivity index (χ0v) is 13.2. The van der Waals surface area contributed by atoms with Gasteiger partial charge >= 0.3 is 0 Å². The highest BCUT2D eigenvalue weighted by molar-refractivity contribution is 7.14. The number of anilines is 1. The van der Waals surface area contributed by atoms with Crippen LogP contribution in [0.25, 0.3) is 0 Å². The van der Waals surface area contributed by atoms with Crippen LogP contribution >= 0.6 is 11.3 Å². The highest BCUT2D eigenvalue weighted by Gasteiger charge is 2.12. The molecule has 1 heterocycles. The largest absolute Gasteiger partial charge is 0.317 e. The van der Waals surface area contributed by atoms with Gasteiger partial charge in [-0.15, -0.1) is 11.3 Å². The Morgan fingerprint density at radius 2 is 2.17 bits per heavy atom. The Morgan fingerprint density at radius 3 is 2.87 bits per heavy atom. The molecule has 2 N–H and O–H groups in total. The number of carbonyl (C=O) groups excluding carboxylic acids is 1. The lowest BCUT2D eigenvalue weighted by Gasteiger charge is -2.15. The number of nitrogens with zero attached hydrogens (tertiary/aromatic N) is 1. The molecule has 1 aromatic carbocycles. The van der Waals surface area contributed by atoms with Crippen LogP contribution in [0.4, 0.5) is 13.8 Å². The number of thiophene rings is 1. The molecular formula is C16H15F2N3OS. The minimum Gasteiger partial charge on any atom is -0.317 e. The summed E-state index contributed by atoms with van der Waals surface area (Å²) in [6.07, 6.45) is 0.177. The van der Waals surface area contributed by atoms with Gasteiger partial charge in [-0.25, -0.2) is 8.78 Å². The molecule has 0 aliphatic heterocycles. The first kappa shape index (κ1) is 17.1. The number of carbonyl (C=O) groups is 1. The molecule has 0 saturated heterocycles. The first-order valence-electron chi connectivity index (χ1n) is 6.97. The summed E-state index contributed by atoms with van der Waals surface area (Å²) in [5.41, 5.74) is 0.773. The second kappa shape index (κ2) is 7.81. The number of amides is 1. The molecule has 0 spiro atoms. The number of halogens is 2. The Bertz CT molecular complexity index is 739. The van der Waals surface area contributed by atoms with Gasteiger partial charge in [-0.3, -0.25) is 4.79 Å². The summed E-state index contributed by atoms with van der Waals surface area (Å²) in [6.45, 7) is 2.07. The predicted molar refractivity (Wildman–Crippen MR) is 85.1 cm³/mol. The quantitative estimate of drug-likeness (QED) is 0.848. The van der Waals surface area contributed by atoms with Crippen molar-refractivity contribution >= 4 is 22.2 Å². The molecule has 0 unspecified atom stereocenters. The van der Waals surface area contributed by atoms with E-state index in [0.717, 1.165) is 6.07 Å². The predicted octanol–water partition coefficient (Wildman–Crippen LogP) is 3.58. The van der Waals surface area contributed by atoms with Gasteiger partial charge in [0.25, 0.3) is 0 Å². The van der Waals surface area contributed by atoms with Gasteiger partial charge in [0.05, 0.1) is 5.56 Å². The Hall–Kier alpha value is -2.30. The van der Waals surface area contributed by atoms with Crippen LogP contribution < -0.4 is 10.6 Å². The lowest BCUT2D eigenvalue weighted by atomic mass is 10.1. The molecule has 2 aromatic rings. The first-order chi connectivity index (χ1) is 11.0. The minimum atomic E-state index is -0.623. The third-order valence-electron chi connectivity index (χ3n) is 3.27. The summed E-state index contributed by atoms with van der Waals surface area (Å²) < 4.78 is 26.5. The molecule has 1 amide bonds. The summed E-state index contributed by atoms with van der Waals surface area (Å²) in [4.78, 5) is 11.8. The third kappa shape index (κ3) is 4.58. The van der Waals surface area contributed by atoms with Crippen molar-refractivity contribution in [1.82, 2.24) is 5.32 Å². The molecule has 2 rings (SSSR count). The first-order valence-corrected chi connectivity index (χ1v) is 7.85. The van der Waals surface area contributed by atoms with Crippen molar-refractivity contribution < 1.29 is 13.6 Å². The maximum atomic E-state index is 13.6. The molecule has 0 fully saturated rings. The van der Waals surface area contributed by atoms with E-state index in [1.807, 2.05) is 6.07 Å². The van der Waals surface area contributed by atoms with Crippen molar-refractivity contribution in [3.8, 4) is 6.07 Å². The van der Waals surface area contributed by atoms with Gasteiger partial charge in [0.2, 0.25) is 5.91 Å². The number of hydrogen-bond donors (Lipinski definition) is 2. The fourth-order valence-corrected chi connectivity index (χ4v) is 2.80. The lowest BCUT2D eigenvalue weighted by molar-refractivity contribution is -0.116. The van der Waals surface area contributed by atoms with Crippen molar-refractivity contribution in [1.29, 1.82) is 5.26 Å². The van der Waals surface area contributed by atoms with Crippen LogP contribution in [0.2, 0.25) is 0 Å². The van der Waals surface area contributed by atoms with Gasteiger partial charge in [-0.05, 0) is 24.4 Å². The molecule has 0 radical (unpaired) electrons. The van der Waals surface area contributed by atoms with Crippen molar-refractivity contribution in [3.05, 3.63) is 52.4 Å². The average Bonchev–Trinajstić information content (AvgIpc) is 2.94.